The number of hydrogen-bond acceptors (Lipinski definition) is 3. The summed E-state index contributed by atoms with van der Waals surface area (Å²) in [5.41, 5.74) is 12.6. The van der Waals surface area contributed by atoms with E-state index in [0.717, 1.165) is 11.3 Å². The highest BCUT2D eigenvalue weighted by molar-refractivity contribution is 5.29. The molecule has 0 aliphatic heterocycles. The Balaban J connectivity index is 2.79. The second-order valence-corrected chi connectivity index (χ2v) is 3.16. The Morgan fingerprint density at radius 3 is 2.08 bits per heavy atom. The maximum absolute atomic E-state index is 5.86. The smallest absolute Gasteiger partial charge is 0.118 e. The Labute approximate surface area is 78.7 Å². The lowest BCUT2D eigenvalue weighted by molar-refractivity contribution is 0.414. The lowest BCUT2D eigenvalue weighted by Crippen LogP contribution is -2.30. The zero-order valence-electron chi connectivity index (χ0n) is 8.03. The van der Waals surface area contributed by atoms with Crippen molar-refractivity contribution in [2.45, 2.75) is 19.0 Å². The van der Waals surface area contributed by atoms with Crippen LogP contribution in [0.1, 0.15) is 18.5 Å². The molecule has 0 saturated carbocycles. The summed E-state index contributed by atoms with van der Waals surface area (Å²) in [5.74, 6) is 0.834. The van der Waals surface area contributed by atoms with Crippen molar-refractivity contribution >= 4 is 0 Å². The van der Waals surface area contributed by atoms with Gasteiger partial charge in [0.1, 0.15) is 5.75 Å². The second kappa shape index (κ2) is 4.25. The first-order chi connectivity index (χ1) is 6.15. The summed E-state index contributed by atoms with van der Waals surface area (Å²) in [6.45, 7) is 1.90. The van der Waals surface area contributed by atoms with Gasteiger partial charge in [0.2, 0.25) is 0 Å². The van der Waals surface area contributed by atoms with E-state index >= 15 is 0 Å². The molecule has 3 heteroatoms. The number of ether oxygens (including phenoxy) is 1. The third-order valence-corrected chi connectivity index (χ3v) is 2.07. The molecule has 1 rings (SSSR count). The summed E-state index contributed by atoms with van der Waals surface area (Å²) in [6.07, 6.45) is 0. The van der Waals surface area contributed by atoms with Crippen molar-refractivity contribution in [2.24, 2.45) is 11.5 Å². The van der Waals surface area contributed by atoms with Crippen LogP contribution in [-0.4, -0.2) is 13.2 Å². The van der Waals surface area contributed by atoms with Gasteiger partial charge < -0.3 is 16.2 Å². The highest BCUT2D eigenvalue weighted by Crippen LogP contribution is 2.17. The fourth-order valence-electron chi connectivity index (χ4n) is 1.13. The molecule has 0 heterocycles. The highest BCUT2D eigenvalue weighted by atomic mass is 16.5. The minimum Gasteiger partial charge on any atom is -0.497 e. The fraction of sp³-hybridized carbons (Fsp3) is 0.400. The molecule has 0 saturated heterocycles. The summed E-state index contributed by atoms with van der Waals surface area (Å²) in [4.78, 5) is 0. The number of hydrogen-bond donors (Lipinski definition) is 2. The predicted molar refractivity (Wildman–Crippen MR) is 53.6 cm³/mol. The van der Waals surface area contributed by atoms with Gasteiger partial charge in [-0.15, -0.1) is 0 Å². The molecule has 0 fully saturated rings. The monoisotopic (exact) mass is 180 g/mol. The maximum Gasteiger partial charge on any atom is 0.118 e. The SMILES string of the molecule is COc1ccc([C@H](N)[C@H](C)N)cc1. The number of benzene rings is 1. The fourth-order valence-corrected chi connectivity index (χ4v) is 1.13. The van der Waals surface area contributed by atoms with Crippen molar-refractivity contribution in [3.63, 3.8) is 0 Å². The summed E-state index contributed by atoms with van der Waals surface area (Å²) in [5, 5.41) is 0. The van der Waals surface area contributed by atoms with E-state index < -0.39 is 0 Å². The summed E-state index contributed by atoms with van der Waals surface area (Å²) in [7, 11) is 1.64. The van der Waals surface area contributed by atoms with Gasteiger partial charge in [-0.3, -0.25) is 0 Å². The van der Waals surface area contributed by atoms with Crippen LogP contribution in [0.4, 0.5) is 0 Å². The molecule has 3 nitrogen and oxygen atoms in total. The number of rotatable bonds is 3. The van der Waals surface area contributed by atoms with E-state index in [4.69, 9.17) is 16.2 Å². The van der Waals surface area contributed by atoms with E-state index in [0.29, 0.717) is 0 Å². The largest absolute Gasteiger partial charge is 0.497 e. The summed E-state index contributed by atoms with van der Waals surface area (Å²) in [6, 6.07) is 7.51. The average Bonchev–Trinajstić information content (AvgIpc) is 2.17. The zero-order chi connectivity index (χ0) is 9.84. The highest BCUT2D eigenvalue weighted by Gasteiger charge is 2.09. The van der Waals surface area contributed by atoms with E-state index in [1.54, 1.807) is 7.11 Å². The van der Waals surface area contributed by atoms with Gasteiger partial charge in [-0.2, -0.15) is 0 Å². The molecular formula is C10H16N2O. The predicted octanol–water partition coefficient (Wildman–Crippen LogP) is 1.04. The molecule has 0 aromatic heterocycles. The summed E-state index contributed by atoms with van der Waals surface area (Å²) >= 11 is 0. The third kappa shape index (κ3) is 2.44. The second-order valence-electron chi connectivity index (χ2n) is 3.16. The van der Waals surface area contributed by atoms with Gasteiger partial charge in [0.15, 0.2) is 0 Å². The Hall–Kier alpha value is -1.06. The minimum atomic E-state index is -0.106. The standard InChI is InChI=1S/C10H16N2O/c1-7(11)10(12)8-3-5-9(13-2)6-4-8/h3-7,10H,11-12H2,1-2H3/t7-,10+/m0/s1. The van der Waals surface area contributed by atoms with Gasteiger partial charge in [0, 0.05) is 12.1 Å². The lowest BCUT2D eigenvalue weighted by atomic mass is 10.0. The van der Waals surface area contributed by atoms with E-state index in [9.17, 15) is 0 Å². The van der Waals surface area contributed by atoms with Crippen molar-refractivity contribution in [1.82, 2.24) is 0 Å². The summed E-state index contributed by atoms with van der Waals surface area (Å²) < 4.78 is 5.04. The maximum atomic E-state index is 5.86. The molecule has 1 aromatic rings. The first kappa shape index (κ1) is 10.0. The Bertz CT molecular complexity index is 256. The topological polar surface area (TPSA) is 61.3 Å². The Kier molecular flexibility index (Phi) is 3.28. The van der Waals surface area contributed by atoms with Crippen LogP contribution in [0, 0.1) is 0 Å². The van der Waals surface area contributed by atoms with Gasteiger partial charge >= 0.3 is 0 Å². The van der Waals surface area contributed by atoms with Crippen LogP contribution in [-0.2, 0) is 0 Å². The van der Waals surface area contributed by atoms with Crippen molar-refractivity contribution in [1.29, 1.82) is 0 Å². The zero-order valence-corrected chi connectivity index (χ0v) is 8.03. The molecule has 0 aliphatic rings. The number of methoxy groups -OCH3 is 1. The van der Waals surface area contributed by atoms with Crippen LogP contribution in [0.25, 0.3) is 0 Å². The van der Waals surface area contributed by atoms with Crippen LogP contribution in [0.15, 0.2) is 24.3 Å². The van der Waals surface area contributed by atoms with Gasteiger partial charge in [-0.1, -0.05) is 12.1 Å². The van der Waals surface area contributed by atoms with Gasteiger partial charge in [0.25, 0.3) is 0 Å². The van der Waals surface area contributed by atoms with E-state index in [1.807, 2.05) is 31.2 Å². The van der Waals surface area contributed by atoms with Crippen molar-refractivity contribution in [2.75, 3.05) is 7.11 Å². The Morgan fingerprint density at radius 1 is 1.15 bits per heavy atom. The Morgan fingerprint density at radius 2 is 1.69 bits per heavy atom. The molecule has 1 aromatic carbocycles. The van der Waals surface area contributed by atoms with Crippen LogP contribution >= 0.6 is 0 Å². The van der Waals surface area contributed by atoms with E-state index in [2.05, 4.69) is 0 Å². The molecule has 0 radical (unpaired) electrons. The molecule has 72 valence electrons. The van der Waals surface area contributed by atoms with Gasteiger partial charge in [-0.25, -0.2) is 0 Å². The lowest BCUT2D eigenvalue weighted by Gasteiger charge is -2.15. The molecule has 0 aliphatic carbocycles. The van der Waals surface area contributed by atoms with Crippen molar-refractivity contribution < 1.29 is 4.74 Å². The molecule has 0 bridgehead atoms. The number of nitrogens with two attached hydrogens (primary N) is 2. The molecule has 0 spiro atoms. The first-order valence-corrected chi connectivity index (χ1v) is 4.30. The van der Waals surface area contributed by atoms with E-state index in [1.165, 1.54) is 0 Å². The molecule has 0 amide bonds. The molecular weight excluding hydrogens is 164 g/mol. The normalized spacial score (nSPS) is 15.1. The molecule has 0 unspecified atom stereocenters. The molecule has 2 atom stereocenters. The van der Waals surface area contributed by atoms with Crippen LogP contribution in [0.5, 0.6) is 5.75 Å². The van der Waals surface area contributed by atoms with Crippen LogP contribution in [0.3, 0.4) is 0 Å². The van der Waals surface area contributed by atoms with Crippen molar-refractivity contribution in [3.05, 3.63) is 29.8 Å². The van der Waals surface area contributed by atoms with E-state index in [-0.39, 0.29) is 12.1 Å². The van der Waals surface area contributed by atoms with Crippen molar-refractivity contribution in [3.8, 4) is 5.75 Å². The minimum absolute atomic E-state index is 0.0339. The average molecular weight is 180 g/mol. The first-order valence-electron chi connectivity index (χ1n) is 4.30. The third-order valence-electron chi connectivity index (χ3n) is 2.07. The van der Waals surface area contributed by atoms with Crippen LogP contribution in [0.2, 0.25) is 0 Å². The quantitative estimate of drug-likeness (QED) is 0.730. The van der Waals surface area contributed by atoms with Gasteiger partial charge in [-0.05, 0) is 24.6 Å². The van der Waals surface area contributed by atoms with Crippen LogP contribution < -0.4 is 16.2 Å². The molecule has 4 N–H and O–H groups in total. The van der Waals surface area contributed by atoms with Gasteiger partial charge in [0.05, 0.1) is 7.11 Å². The molecule has 13 heavy (non-hydrogen) atoms.